The van der Waals surface area contributed by atoms with E-state index >= 15 is 0 Å². The summed E-state index contributed by atoms with van der Waals surface area (Å²) >= 11 is 0. The van der Waals surface area contributed by atoms with E-state index < -0.39 is 0 Å². The molecule has 4 heteroatoms. The number of nitrogens with one attached hydrogen (secondary N) is 1. The Balaban J connectivity index is 3.43. The lowest BCUT2D eigenvalue weighted by Gasteiger charge is -2.14. The van der Waals surface area contributed by atoms with Gasteiger partial charge >= 0.3 is 5.97 Å². The lowest BCUT2D eigenvalue weighted by molar-refractivity contribution is -0.148. The van der Waals surface area contributed by atoms with Gasteiger partial charge in [0.25, 0.3) is 0 Å². The average molecular weight is 230 g/mol. The van der Waals surface area contributed by atoms with Crippen LogP contribution in [-0.2, 0) is 9.53 Å². The fraction of sp³-hybridized carbons (Fsp3) is 0.917. The highest BCUT2D eigenvalue weighted by Crippen LogP contribution is 2.02. The SMILES string of the molecule is CCC(CC)OC(=O)CNCCCN(C)C. The van der Waals surface area contributed by atoms with Crippen LogP contribution in [0.2, 0.25) is 0 Å². The standard InChI is InChI=1S/C12H26N2O2/c1-5-11(6-2)16-12(15)10-13-8-7-9-14(3)4/h11,13H,5-10H2,1-4H3. The zero-order valence-corrected chi connectivity index (χ0v) is 11.1. The van der Waals surface area contributed by atoms with Gasteiger partial charge in [-0.2, -0.15) is 0 Å². The monoisotopic (exact) mass is 230 g/mol. The van der Waals surface area contributed by atoms with E-state index in [0.29, 0.717) is 6.54 Å². The zero-order chi connectivity index (χ0) is 12.4. The average Bonchev–Trinajstić information content (AvgIpc) is 2.25. The van der Waals surface area contributed by atoms with Crippen molar-refractivity contribution in [2.75, 3.05) is 33.7 Å². The van der Waals surface area contributed by atoms with E-state index in [-0.39, 0.29) is 12.1 Å². The fourth-order valence-electron chi connectivity index (χ4n) is 1.39. The number of hydrogen-bond donors (Lipinski definition) is 1. The summed E-state index contributed by atoms with van der Waals surface area (Å²) in [4.78, 5) is 13.5. The number of carbonyl (C=O) groups excluding carboxylic acids is 1. The van der Waals surface area contributed by atoms with Crippen LogP contribution in [0.1, 0.15) is 33.1 Å². The van der Waals surface area contributed by atoms with Crippen LogP contribution in [0, 0.1) is 0 Å². The van der Waals surface area contributed by atoms with Crippen molar-refractivity contribution in [3.63, 3.8) is 0 Å². The van der Waals surface area contributed by atoms with Gasteiger partial charge in [0.15, 0.2) is 0 Å². The molecule has 16 heavy (non-hydrogen) atoms. The first-order valence-corrected chi connectivity index (χ1v) is 6.15. The van der Waals surface area contributed by atoms with Crippen LogP contribution in [0.4, 0.5) is 0 Å². The first-order valence-electron chi connectivity index (χ1n) is 6.15. The van der Waals surface area contributed by atoms with E-state index in [0.717, 1.165) is 32.4 Å². The van der Waals surface area contributed by atoms with E-state index in [4.69, 9.17) is 4.74 Å². The normalized spacial score (nSPS) is 11.1. The van der Waals surface area contributed by atoms with Crippen LogP contribution < -0.4 is 5.32 Å². The van der Waals surface area contributed by atoms with Crippen LogP contribution in [-0.4, -0.2) is 50.7 Å². The third-order valence-electron chi connectivity index (χ3n) is 2.44. The zero-order valence-electron chi connectivity index (χ0n) is 11.1. The number of rotatable bonds is 9. The summed E-state index contributed by atoms with van der Waals surface area (Å²) in [5.41, 5.74) is 0. The maximum absolute atomic E-state index is 11.4. The molecular formula is C12H26N2O2. The first-order chi connectivity index (χ1) is 7.60. The van der Waals surface area contributed by atoms with E-state index in [9.17, 15) is 4.79 Å². The lowest BCUT2D eigenvalue weighted by Crippen LogP contribution is -2.29. The summed E-state index contributed by atoms with van der Waals surface area (Å²) in [6.45, 7) is 6.28. The van der Waals surface area contributed by atoms with E-state index in [1.807, 2.05) is 27.9 Å². The highest BCUT2D eigenvalue weighted by atomic mass is 16.5. The molecule has 0 amide bonds. The maximum atomic E-state index is 11.4. The highest BCUT2D eigenvalue weighted by molar-refractivity contribution is 5.71. The molecule has 0 aliphatic carbocycles. The summed E-state index contributed by atoms with van der Waals surface area (Å²) in [6.07, 6.45) is 2.91. The first kappa shape index (κ1) is 15.4. The van der Waals surface area contributed by atoms with Gasteiger partial charge in [-0.25, -0.2) is 0 Å². The summed E-state index contributed by atoms with van der Waals surface area (Å²) in [5.74, 6) is -0.140. The van der Waals surface area contributed by atoms with Crippen LogP contribution >= 0.6 is 0 Å². The number of esters is 1. The van der Waals surface area contributed by atoms with Crippen molar-refractivity contribution in [1.82, 2.24) is 10.2 Å². The molecule has 0 heterocycles. The minimum atomic E-state index is -0.140. The Morgan fingerprint density at radius 3 is 2.44 bits per heavy atom. The molecule has 0 aromatic heterocycles. The molecule has 0 aliphatic rings. The van der Waals surface area contributed by atoms with Crippen molar-refractivity contribution in [3.8, 4) is 0 Å². The molecule has 0 radical (unpaired) electrons. The quantitative estimate of drug-likeness (QED) is 0.478. The molecule has 1 N–H and O–H groups in total. The third kappa shape index (κ3) is 8.68. The Labute approximate surface area is 99.3 Å². The second kappa shape index (κ2) is 9.60. The molecule has 0 aromatic carbocycles. The molecule has 0 saturated carbocycles. The second-order valence-electron chi connectivity index (χ2n) is 4.26. The van der Waals surface area contributed by atoms with Gasteiger partial charge in [0.1, 0.15) is 6.10 Å². The molecule has 4 nitrogen and oxygen atoms in total. The Hall–Kier alpha value is -0.610. The van der Waals surface area contributed by atoms with Gasteiger partial charge < -0.3 is 15.0 Å². The van der Waals surface area contributed by atoms with E-state index in [2.05, 4.69) is 10.2 Å². The van der Waals surface area contributed by atoms with Crippen LogP contribution in [0.25, 0.3) is 0 Å². The molecular weight excluding hydrogens is 204 g/mol. The number of hydrogen-bond acceptors (Lipinski definition) is 4. The minimum absolute atomic E-state index is 0.0797. The molecule has 0 fully saturated rings. The minimum Gasteiger partial charge on any atom is -0.461 e. The van der Waals surface area contributed by atoms with Crippen molar-refractivity contribution in [2.45, 2.75) is 39.2 Å². The highest BCUT2D eigenvalue weighted by Gasteiger charge is 2.09. The summed E-state index contributed by atoms with van der Waals surface area (Å²) in [7, 11) is 4.09. The van der Waals surface area contributed by atoms with Crippen molar-refractivity contribution in [2.24, 2.45) is 0 Å². The van der Waals surface area contributed by atoms with Crippen LogP contribution in [0.3, 0.4) is 0 Å². The second-order valence-corrected chi connectivity index (χ2v) is 4.26. The van der Waals surface area contributed by atoms with Gasteiger partial charge in [-0.15, -0.1) is 0 Å². The molecule has 0 spiro atoms. The molecule has 0 rings (SSSR count). The predicted molar refractivity (Wildman–Crippen MR) is 66.5 cm³/mol. The van der Waals surface area contributed by atoms with Gasteiger partial charge in [0.2, 0.25) is 0 Å². The Morgan fingerprint density at radius 2 is 1.94 bits per heavy atom. The van der Waals surface area contributed by atoms with Gasteiger partial charge in [-0.3, -0.25) is 4.79 Å². The number of nitrogens with zero attached hydrogens (tertiary/aromatic N) is 1. The Morgan fingerprint density at radius 1 is 1.31 bits per heavy atom. The largest absolute Gasteiger partial charge is 0.461 e. The number of ether oxygens (including phenoxy) is 1. The molecule has 0 aromatic rings. The van der Waals surface area contributed by atoms with Crippen molar-refractivity contribution >= 4 is 5.97 Å². The molecule has 0 saturated heterocycles. The third-order valence-corrected chi connectivity index (χ3v) is 2.44. The van der Waals surface area contributed by atoms with E-state index in [1.165, 1.54) is 0 Å². The molecule has 0 bridgehead atoms. The van der Waals surface area contributed by atoms with Crippen molar-refractivity contribution in [1.29, 1.82) is 0 Å². The summed E-state index contributed by atoms with van der Waals surface area (Å²) in [6, 6.07) is 0. The topological polar surface area (TPSA) is 41.6 Å². The molecule has 0 atom stereocenters. The fourth-order valence-corrected chi connectivity index (χ4v) is 1.39. The maximum Gasteiger partial charge on any atom is 0.320 e. The van der Waals surface area contributed by atoms with E-state index in [1.54, 1.807) is 0 Å². The smallest absolute Gasteiger partial charge is 0.320 e. The Kier molecular flexibility index (Phi) is 9.24. The van der Waals surface area contributed by atoms with Crippen LogP contribution in [0.15, 0.2) is 0 Å². The molecule has 96 valence electrons. The van der Waals surface area contributed by atoms with Crippen molar-refractivity contribution < 1.29 is 9.53 Å². The number of carbonyl (C=O) groups is 1. The van der Waals surface area contributed by atoms with Gasteiger partial charge in [-0.1, -0.05) is 13.8 Å². The predicted octanol–water partition coefficient (Wildman–Crippen LogP) is 1.26. The van der Waals surface area contributed by atoms with Gasteiger partial charge in [-0.05, 0) is 46.4 Å². The summed E-state index contributed by atoms with van der Waals surface area (Å²) < 4.78 is 5.26. The lowest BCUT2D eigenvalue weighted by atomic mass is 10.2. The molecule has 0 aliphatic heterocycles. The van der Waals surface area contributed by atoms with Crippen LogP contribution in [0.5, 0.6) is 0 Å². The van der Waals surface area contributed by atoms with Gasteiger partial charge in [0, 0.05) is 0 Å². The van der Waals surface area contributed by atoms with Gasteiger partial charge in [0.05, 0.1) is 6.54 Å². The van der Waals surface area contributed by atoms with Crippen molar-refractivity contribution in [3.05, 3.63) is 0 Å². The molecule has 0 unspecified atom stereocenters. The Bertz CT molecular complexity index is 180. The summed E-state index contributed by atoms with van der Waals surface area (Å²) in [5, 5.41) is 3.09.